The number of halogens is 1. The van der Waals surface area contributed by atoms with Gasteiger partial charge in [-0.2, -0.15) is 0 Å². The summed E-state index contributed by atoms with van der Waals surface area (Å²) in [5.74, 6) is 0.0285. The van der Waals surface area contributed by atoms with E-state index in [1.54, 1.807) is 0 Å². The largest absolute Gasteiger partial charge is 0.469 e. The molecular weight excluding hydrogens is 220 g/mol. The molecular formula is C9H17ClN2O3. The fourth-order valence-corrected chi connectivity index (χ4v) is 1.07. The molecule has 5 nitrogen and oxygen atoms in total. The van der Waals surface area contributed by atoms with Crippen molar-refractivity contribution in [1.82, 2.24) is 10.6 Å². The molecule has 1 unspecified atom stereocenters. The minimum Gasteiger partial charge on any atom is -0.469 e. The molecule has 0 aromatic carbocycles. The number of amides is 2. The molecule has 0 saturated heterocycles. The standard InChI is InChI=1S/C9H17ClN2O3/c1-3-7(6-8(13)15-2)12-9(14)11-5-4-10/h7H,3-6H2,1-2H3,(H2,11,12,14). The van der Waals surface area contributed by atoms with Gasteiger partial charge in [0.15, 0.2) is 0 Å². The number of ether oxygens (including phenoxy) is 1. The zero-order chi connectivity index (χ0) is 11.7. The van der Waals surface area contributed by atoms with Gasteiger partial charge in [0.2, 0.25) is 0 Å². The van der Waals surface area contributed by atoms with Crippen molar-refractivity contribution in [3.8, 4) is 0 Å². The van der Waals surface area contributed by atoms with Crippen molar-refractivity contribution >= 4 is 23.6 Å². The average molecular weight is 237 g/mol. The highest BCUT2D eigenvalue weighted by atomic mass is 35.5. The van der Waals surface area contributed by atoms with Crippen molar-refractivity contribution in [2.45, 2.75) is 25.8 Å². The van der Waals surface area contributed by atoms with Crippen LogP contribution in [-0.4, -0.2) is 37.6 Å². The molecule has 0 fully saturated rings. The van der Waals surface area contributed by atoms with E-state index in [4.69, 9.17) is 11.6 Å². The van der Waals surface area contributed by atoms with Gasteiger partial charge in [0, 0.05) is 18.5 Å². The molecule has 1 atom stereocenters. The highest BCUT2D eigenvalue weighted by Gasteiger charge is 2.14. The molecule has 0 radical (unpaired) electrons. The SMILES string of the molecule is CCC(CC(=O)OC)NC(=O)NCCCl. The van der Waals surface area contributed by atoms with Gasteiger partial charge in [-0.05, 0) is 6.42 Å². The molecule has 0 aliphatic rings. The number of nitrogens with one attached hydrogen (secondary N) is 2. The molecule has 0 aromatic heterocycles. The molecule has 0 aromatic rings. The number of hydrogen-bond acceptors (Lipinski definition) is 3. The van der Waals surface area contributed by atoms with Crippen molar-refractivity contribution < 1.29 is 14.3 Å². The number of rotatable bonds is 6. The Labute approximate surface area is 94.5 Å². The highest BCUT2D eigenvalue weighted by molar-refractivity contribution is 6.18. The quantitative estimate of drug-likeness (QED) is 0.531. The number of urea groups is 1. The van der Waals surface area contributed by atoms with Crippen LogP contribution in [0.1, 0.15) is 19.8 Å². The van der Waals surface area contributed by atoms with Gasteiger partial charge in [0.25, 0.3) is 0 Å². The fraction of sp³-hybridized carbons (Fsp3) is 0.778. The van der Waals surface area contributed by atoms with Crippen LogP contribution in [0.5, 0.6) is 0 Å². The maximum Gasteiger partial charge on any atom is 0.315 e. The summed E-state index contributed by atoms with van der Waals surface area (Å²) in [5, 5.41) is 5.21. The predicted octanol–water partition coefficient (Wildman–Crippen LogP) is 0.866. The highest BCUT2D eigenvalue weighted by Crippen LogP contribution is 1.98. The van der Waals surface area contributed by atoms with E-state index in [0.717, 1.165) is 0 Å². The zero-order valence-corrected chi connectivity index (χ0v) is 9.76. The lowest BCUT2D eigenvalue weighted by molar-refractivity contribution is -0.141. The number of esters is 1. The number of carbonyl (C=O) groups excluding carboxylic acids is 2. The van der Waals surface area contributed by atoms with E-state index in [9.17, 15) is 9.59 Å². The second-order valence-electron chi connectivity index (χ2n) is 2.97. The lowest BCUT2D eigenvalue weighted by Crippen LogP contribution is -2.43. The Balaban J connectivity index is 3.87. The predicted molar refractivity (Wildman–Crippen MR) is 58.0 cm³/mol. The molecule has 6 heteroatoms. The van der Waals surface area contributed by atoms with Crippen molar-refractivity contribution in [2.24, 2.45) is 0 Å². The molecule has 0 rings (SSSR count). The summed E-state index contributed by atoms with van der Waals surface area (Å²) >= 11 is 5.41. The van der Waals surface area contributed by atoms with Crippen molar-refractivity contribution in [3.05, 3.63) is 0 Å². The second-order valence-corrected chi connectivity index (χ2v) is 3.35. The molecule has 0 spiro atoms. The van der Waals surface area contributed by atoms with Crippen LogP contribution in [0.4, 0.5) is 4.79 Å². The topological polar surface area (TPSA) is 67.4 Å². The summed E-state index contributed by atoms with van der Waals surface area (Å²) in [7, 11) is 1.32. The van der Waals surface area contributed by atoms with Gasteiger partial charge in [-0.3, -0.25) is 4.79 Å². The van der Waals surface area contributed by atoms with Gasteiger partial charge >= 0.3 is 12.0 Å². The Bertz CT molecular complexity index is 212. The average Bonchev–Trinajstić information content (AvgIpc) is 2.25. The normalized spacial score (nSPS) is 11.7. The van der Waals surface area contributed by atoms with Crippen molar-refractivity contribution in [3.63, 3.8) is 0 Å². The molecule has 2 amide bonds. The van der Waals surface area contributed by atoms with Crippen LogP contribution in [-0.2, 0) is 9.53 Å². The Morgan fingerprint density at radius 3 is 2.60 bits per heavy atom. The van der Waals surface area contributed by atoms with Gasteiger partial charge in [-0.25, -0.2) is 4.79 Å². The summed E-state index contributed by atoms with van der Waals surface area (Å²) in [4.78, 5) is 22.2. The van der Waals surface area contributed by atoms with Gasteiger partial charge < -0.3 is 15.4 Å². The molecule has 15 heavy (non-hydrogen) atoms. The maximum atomic E-state index is 11.2. The van der Waals surface area contributed by atoms with E-state index in [1.807, 2.05) is 6.92 Å². The van der Waals surface area contributed by atoms with E-state index < -0.39 is 0 Å². The number of methoxy groups -OCH3 is 1. The van der Waals surface area contributed by atoms with Crippen LogP contribution in [0.25, 0.3) is 0 Å². The summed E-state index contributed by atoms with van der Waals surface area (Å²) < 4.78 is 4.51. The Morgan fingerprint density at radius 2 is 2.13 bits per heavy atom. The first-order chi connectivity index (χ1) is 7.13. The van der Waals surface area contributed by atoms with Gasteiger partial charge in [-0.1, -0.05) is 6.92 Å². The van der Waals surface area contributed by atoms with Crippen LogP contribution in [0, 0.1) is 0 Å². The Morgan fingerprint density at radius 1 is 1.47 bits per heavy atom. The molecule has 0 heterocycles. The first-order valence-corrected chi connectivity index (χ1v) is 5.34. The van der Waals surface area contributed by atoms with E-state index in [1.165, 1.54) is 7.11 Å². The number of carbonyl (C=O) groups is 2. The van der Waals surface area contributed by atoms with Crippen LogP contribution < -0.4 is 10.6 Å². The first-order valence-electron chi connectivity index (χ1n) is 4.81. The smallest absolute Gasteiger partial charge is 0.315 e. The van der Waals surface area contributed by atoms with Crippen LogP contribution in [0.2, 0.25) is 0 Å². The lowest BCUT2D eigenvalue weighted by atomic mass is 10.1. The van der Waals surface area contributed by atoms with Gasteiger partial charge in [0.05, 0.1) is 13.5 Å². The third kappa shape index (κ3) is 7.02. The van der Waals surface area contributed by atoms with Gasteiger partial charge in [-0.15, -0.1) is 11.6 Å². The third-order valence-electron chi connectivity index (χ3n) is 1.85. The molecule has 0 bridgehead atoms. The fourth-order valence-electron chi connectivity index (χ4n) is 0.979. The van der Waals surface area contributed by atoms with Crippen molar-refractivity contribution in [1.29, 1.82) is 0 Å². The first kappa shape index (κ1) is 14.0. The van der Waals surface area contributed by atoms with Crippen LogP contribution in [0.3, 0.4) is 0 Å². The van der Waals surface area contributed by atoms with E-state index >= 15 is 0 Å². The van der Waals surface area contributed by atoms with Crippen LogP contribution >= 0.6 is 11.6 Å². The molecule has 88 valence electrons. The minimum absolute atomic E-state index is 0.182. The van der Waals surface area contributed by atoms with Crippen molar-refractivity contribution in [2.75, 3.05) is 19.5 Å². The third-order valence-corrected chi connectivity index (χ3v) is 2.04. The van der Waals surface area contributed by atoms with E-state index in [0.29, 0.717) is 18.8 Å². The molecule has 0 aliphatic heterocycles. The van der Waals surface area contributed by atoms with Gasteiger partial charge in [0.1, 0.15) is 0 Å². The number of hydrogen-bond donors (Lipinski definition) is 2. The Hall–Kier alpha value is -0.970. The lowest BCUT2D eigenvalue weighted by Gasteiger charge is -2.15. The summed E-state index contributed by atoms with van der Waals surface area (Å²) in [6.45, 7) is 2.29. The summed E-state index contributed by atoms with van der Waals surface area (Å²) in [6, 6.07) is -0.515. The zero-order valence-electron chi connectivity index (χ0n) is 9.01. The maximum absolute atomic E-state index is 11.2. The Kier molecular flexibility index (Phi) is 7.81. The minimum atomic E-state index is -0.334. The molecule has 0 saturated carbocycles. The van der Waals surface area contributed by atoms with E-state index in [-0.39, 0.29) is 24.5 Å². The summed E-state index contributed by atoms with van der Waals surface area (Å²) in [5.41, 5.74) is 0. The molecule has 2 N–H and O–H groups in total. The number of alkyl halides is 1. The van der Waals surface area contributed by atoms with E-state index in [2.05, 4.69) is 15.4 Å². The monoisotopic (exact) mass is 236 g/mol. The van der Waals surface area contributed by atoms with Crippen LogP contribution in [0.15, 0.2) is 0 Å². The summed E-state index contributed by atoms with van der Waals surface area (Å²) in [6.07, 6.45) is 0.852. The molecule has 0 aliphatic carbocycles. The second kappa shape index (κ2) is 8.35.